The van der Waals surface area contributed by atoms with Crippen LogP contribution in [-0.2, 0) is 16.1 Å². The lowest BCUT2D eigenvalue weighted by Crippen LogP contribution is -2.40. The van der Waals surface area contributed by atoms with Crippen LogP contribution in [0.5, 0.6) is 11.5 Å². The number of hydrogen-bond acceptors (Lipinski definition) is 5. The number of aromatic nitrogens is 2. The number of carbonyl (C=O) groups is 1. The second-order valence-electron chi connectivity index (χ2n) is 4.84. The standard InChI is InChI=1S/C15H17N3O4/c1-20-7-6-18-9-11(8-16-18)17-15(19)14-10-21-12-4-2-3-5-13(12)22-14/h2-5,8-9,14H,6-7,10H2,1H3,(H,17,19)/t14-/m0/s1. The number of nitrogens with zero attached hydrogens (tertiary/aromatic N) is 2. The van der Waals surface area contributed by atoms with Gasteiger partial charge in [-0.2, -0.15) is 5.10 Å². The Bertz CT molecular complexity index is 656. The molecule has 0 saturated heterocycles. The summed E-state index contributed by atoms with van der Waals surface area (Å²) in [5, 5.41) is 6.91. The topological polar surface area (TPSA) is 74.6 Å². The Morgan fingerprint density at radius 1 is 1.45 bits per heavy atom. The summed E-state index contributed by atoms with van der Waals surface area (Å²) in [4.78, 5) is 12.2. The fourth-order valence-electron chi connectivity index (χ4n) is 2.11. The van der Waals surface area contributed by atoms with Gasteiger partial charge in [0.25, 0.3) is 5.91 Å². The van der Waals surface area contributed by atoms with Crippen molar-refractivity contribution < 1.29 is 19.0 Å². The van der Waals surface area contributed by atoms with Gasteiger partial charge in [0.15, 0.2) is 11.5 Å². The van der Waals surface area contributed by atoms with E-state index in [4.69, 9.17) is 14.2 Å². The Morgan fingerprint density at radius 2 is 2.27 bits per heavy atom. The van der Waals surface area contributed by atoms with Crippen LogP contribution in [-0.4, -0.2) is 42.1 Å². The van der Waals surface area contributed by atoms with Crippen molar-refractivity contribution in [2.75, 3.05) is 25.6 Å². The molecule has 7 heteroatoms. The molecule has 116 valence electrons. The number of amides is 1. The molecule has 0 radical (unpaired) electrons. The number of para-hydroxylation sites is 2. The normalized spacial score (nSPS) is 16.3. The van der Waals surface area contributed by atoms with Crippen molar-refractivity contribution in [3.05, 3.63) is 36.7 Å². The Morgan fingerprint density at radius 3 is 3.09 bits per heavy atom. The van der Waals surface area contributed by atoms with Crippen molar-refractivity contribution in [2.24, 2.45) is 0 Å². The zero-order chi connectivity index (χ0) is 15.4. The lowest BCUT2D eigenvalue weighted by molar-refractivity contribution is -0.125. The van der Waals surface area contributed by atoms with E-state index in [0.717, 1.165) is 0 Å². The molecule has 22 heavy (non-hydrogen) atoms. The highest BCUT2D eigenvalue weighted by Gasteiger charge is 2.27. The smallest absolute Gasteiger partial charge is 0.269 e. The van der Waals surface area contributed by atoms with Crippen molar-refractivity contribution in [1.82, 2.24) is 9.78 Å². The summed E-state index contributed by atoms with van der Waals surface area (Å²) in [6.07, 6.45) is 2.65. The van der Waals surface area contributed by atoms with Gasteiger partial charge in [0.05, 0.1) is 25.0 Å². The van der Waals surface area contributed by atoms with Gasteiger partial charge < -0.3 is 19.5 Å². The number of anilines is 1. The molecule has 0 spiro atoms. The summed E-state index contributed by atoms with van der Waals surface area (Å²) in [6, 6.07) is 7.28. The molecule has 2 heterocycles. The maximum absolute atomic E-state index is 12.2. The molecule has 7 nitrogen and oxygen atoms in total. The van der Waals surface area contributed by atoms with Gasteiger partial charge in [-0.05, 0) is 12.1 Å². The minimum absolute atomic E-state index is 0.181. The third-order valence-electron chi connectivity index (χ3n) is 3.23. The number of hydrogen-bond donors (Lipinski definition) is 1. The summed E-state index contributed by atoms with van der Waals surface area (Å²) in [7, 11) is 1.63. The maximum atomic E-state index is 12.2. The highest BCUT2D eigenvalue weighted by atomic mass is 16.6. The number of ether oxygens (including phenoxy) is 3. The van der Waals surface area contributed by atoms with Gasteiger partial charge in [0.2, 0.25) is 6.10 Å². The minimum atomic E-state index is -0.683. The fourth-order valence-corrected chi connectivity index (χ4v) is 2.11. The number of nitrogens with one attached hydrogen (secondary N) is 1. The second kappa shape index (κ2) is 6.48. The third kappa shape index (κ3) is 3.20. The van der Waals surface area contributed by atoms with Gasteiger partial charge >= 0.3 is 0 Å². The molecule has 0 unspecified atom stereocenters. The van der Waals surface area contributed by atoms with E-state index in [1.807, 2.05) is 18.2 Å². The Balaban J connectivity index is 1.60. The molecule has 0 bridgehead atoms. The molecule has 1 amide bonds. The van der Waals surface area contributed by atoms with Crippen LogP contribution in [0.1, 0.15) is 0 Å². The van der Waals surface area contributed by atoms with Crippen molar-refractivity contribution >= 4 is 11.6 Å². The van der Waals surface area contributed by atoms with E-state index in [-0.39, 0.29) is 12.5 Å². The summed E-state index contributed by atoms with van der Waals surface area (Å²) in [5.41, 5.74) is 0.614. The average molecular weight is 303 g/mol. The fraction of sp³-hybridized carbons (Fsp3) is 0.333. The SMILES string of the molecule is COCCn1cc(NC(=O)[C@@H]2COc3ccccc3O2)cn1. The van der Waals surface area contributed by atoms with Crippen molar-refractivity contribution in [2.45, 2.75) is 12.6 Å². The lowest BCUT2D eigenvalue weighted by atomic mass is 10.2. The highest BCUT2D eigenvalue weighted by Crippen LogP contribution is 2.31. The lowest BCUT2D eigenvalue weighted by Gasteiger charge is -2.25. The van der Waals surface area contributed by atoms with E-state index in [1.165, 1.54) is 0 Å². The zero-order valence-corrected chi connectivity index (χ0v) is 12.2. The Hall–Kier alpha value is -2.54. The molecule has 0 fully saturated rings. The molecule has 1 N–H and O–H groups in total. The summed E-state index contributed by atoms with van der Waals surface area (Å²) >= 11 is 0. The number of methoxy groups -OCH3 is 1. The van der Waals surface area contributed by atoms with Crippen LogP contribution < -0.4 is 14.8 Å². The van der Waals surface area contributed by atoms with Gasteiger partial charge in [-0.3, -0.25) is 9.48 Å². The molecular weight excluding hydrogens is 286 g/mol. The number of benzene rings is 1. The number of fused-ring (bicyclic) bond motifs is 1. The van der Waals surface area contributed by atoms with Crippen LogP contribution >= 0.6 is 0 Å². The number of carbonyl (C=O) groups excluding carboxylic acids is 1. The molecule has 1 aromatic carbocycles. The average Bonchev–Trinajstić information content (AvgIpc) is 2.99. The van der Waals surface area contributed by atoms with Crippen LogP contribution in [0.2, 0.25) is 0 Å². The van der Waals surface area contributed by atoms with Crippen LogP contribution in [0.4, 0.5) is 5.69 Å². The summed E-state index contributed by atoms with van der Waals surface area (Å²) < 4.78 is 17.9. The zero-order valence-electron chi connectivity index (χ0n) is 12.2. The van der Waals surface area contributed by atoms with Gasteiger partial charge in [0, 0.05) is 13.3 Å². The van der Waals surface area contributed by atoms with Gasteiger partial charge in [-0.1, -0.05) is 12.1 Å². The molecule has 0 saturated carbocycles. The monoisotopic (exact) mass is 303 g/mol. The molecule has 2 aromatic rings. The summed E-state index contributed by atoms with van der Waals surface area (Å²) in [5.74, 6) is 0.962. The van der Waals surface area contributed by atoms with Crippen LogP contribution in [0.3, 0.4) is 0 Å². The first-order chi connectivity index (χ1) is 10.8. The van der Waals surface area contributed by atoms with Crippen molar-refractivity contribution in [3.63, 3.8) is 0 Å². The Labute approximate surface area is 127 Å². The minimum Gasteiger partial charge on any atom is -0.485 e. The molecule has 1 atom stereocenters. The van der Waals surface area contributed by atoms with Crippen LogP contribution in [0.15, 0.2) is 36.7 Å². The highest BCUT2D eigenvalue weighted by molar-refractivity contribution is 5.94. The van der Waals surface area contributed by atoms with Crippen LogP contribution in [0, 0.1) is 0 Å². The van der Waals surface area contributed by atoms with Gasteiger partial charge in [-0.25, -0.2) is 0 Å². The van der Waals surface area contributed by atoms with E-state index >= 15 is 0 Å². The van der Waals surface area contributed by atoms with E-state index in [0.29, 0.717) is 30.3 Å². The van der Waals surface area contributed by atoms with Crippen molar-refractivity contribution in [1.29, 1.82) is 0 Å². The Kier molecular flexibility index (Phi) is 4.24. The third-order valence-corrected chi connectivity index (χ3v) is 3.23. The summed E-state index contributed by atoms with van der Waals surface area (Å²) in [6.45, 7) is 1.37. The number of rotatable bonds is 5. The first-order valence-electron chi connectivity index (χ1n) is 6.97. The van der Waals surface area contributed by atoms with E-state index < -0.39 is 6.10 Å². The first-order valence-corrected chi connectivity index (χ1v) is 6.97. The first kappa shape index (κ1) is 14.4. The molecule has 1 aliphatic heterocycles. The quantitative estimate of drug-likeness (QED) is 0.901. The molecule has 1 aliphatic rings. The van der Waals surface area contributed by atoms with E-state index in [1.54, 1.807) is 30.3 Å². The van der Waals surface area contributed by atoms with E-state index in [2.05, 4.69) is 10.4 Å². The van der Waals surface area contributed by atoms with Crippen LogP contribution in [0.25, 0.3) is 0 Å². The van der Waals surface area contributed by atoms with Gasteiger partial charge in [-0.15, -0.1) is 0 Å². The van der Waals surface area contributed by atoms with E-state index in [9.17, 15) is 4.79 Å². The second-order valence-corrected chi connectivity index (χ2v) is 4.84. The predicted molar refractivity (Wildman–Crippen MR) is 79.1 cm³/mol. The van der Waals surface area contributed by atoms with Gasteiger partial charge in [0.1, 0.15) is 6.61 Å². The molecule has 0 aliphatic carbocycles. The maximum Gasteiger partial charge on any atom is 0.269 e. The van der Waals surface area contributed by atoms with Crippen molar-refractivity contribution in [3.8, 4) is 11.5 Å². The molecule has 3 rings (SSSR count). The molecular formula is C15H17N3O4. The largest absolute Gasteiger partial charge is 0.485 e. The molecule has 1 aromatic heterocycles. The predicted octanol–water partition coefficient (Wildman–Crippen LogP) is 1.31.